The van der Waals surface area contributed by atoms with Crippen molar-refractivity contribution in [3.63, 3.8) is 0 Å². The van der Waals surface area contributed by atoms with Gasteiger partial charge in [0, 0.05) is 6.54 Å². The lowest BCUT2D eigenvalue weighted by Gasteiger charge is -2.01. The Kier molecular flexibility index (Phi) is 6.37. The van der Waals surface area contributed by atoms with Gasteiger partial charge in [0.25, 0.3) is 5.91 Å². The number of carbonyl (C=O) groups is 1. The van der Waals surface area contributed by atoms with Crippen LogP contribution in [0.4, 0.5) is 0 Å². The van der Waals surface area contributed by atoms with Crippen LogP contribution in [0.25, 0.3) is 0 Å². The van der Waals surface area contributed by atoms with Gasteiger partial charge in [-0.3, -0.25) is 4.79 Å². The molecule has 0 saturated carbocycles. The van der Waals surface area contributed by atoms with Gasteiger partial charge in [0.1, 0.15) is 0 Å². The van der Waals surface area contributed by atoms with E-state index in [4.69, 9.17) is 23.2 Å². The molecule has 2 nitrogen and oxygen atoms in total. The van der Waals surface area contributed by atoms with Crippen LogP contribution in [-0.4, -0.2) is 17.3 Å². The molecule has 0 aromatic heterocycles. The second-order valence-electron chi connectivity index (χ2n) is 1.95. The highest BCUT2D eigenvalue weighted by Gasteiger charge is 2.08. The van der Waals surface area contributed by atoms with E-state index in [1.54, 1.807) is 0 Å². The Bertz CT molecular complexity index is 145. The molecule has 1 amide bonds. The number of nitrogens with one attached hydrogen (secondary N) is 1. The summed E-state index contributed by atoms with van der Waals surface area (Å²) in [5, 5.41) is 2.56. The molecule has 0 spiro atoms. The highest BCUT2D eigenvalue weighted by molar-refractivity contribution is 6.53. The number of rotatable bonds is 4. The fourth-order valence-corrected chi connectivity index (χ4v) is 0.677. The minimum Gasteiger partial charge on any atom is -0.353 e. The van der Waals surface area contributed by atoms with E-state index in [1.165, 1.54) is 0 Å². The number of hydrogen-bond donors (Lipinski definition) is 1. The van der Waals surface area contributed by atoms with Crippen LogP contribution in [0.5, 0.6) is 0 Å². The molecule has 0 radical (unpaired) electrons. The number of halogens is 2. The second-order valence-corrected chi connectivity index (χ2v) is 3.05. The number of allylic oxidation sites excluding steroid dienone is 1. The average Bonchev–Trinajstić information content (AvgIpc) is 1.97. The lowest BCUT2D eigenvalue weighted by atomic mass is 10.4. The normalized spacial score (nSPS) is 10.9. The molecule has 0 aliphatic rings. The van der Waals surface area contributed by atoms with Gasteiger partial charge in [-0.25, -0.2) is 0 Å². The van der Waals surface area contributed by atoms with Gasteiger partial charge in [-0.1, -0.05) is 35.4 Å². The molecular formula is C7H11Cl2NO. The van der Waals surface area contributed by atoms with Crippen LogP contribution >= 0.6 is 23.2 Å². The summed E-state index contributed by atoms with van der Waals surface area (Å²) in [4.78, 5) is 9.75. The first-order chi connectivity index (χ1) is 5.18. The minimum absolute atomic E-state index is 0.335. The Labute approximate surface area is 76.6 Å². The molecule has 0 atom stereocenters. The molecule has 0 aromatic rings. The first-order valence-corrected chi connectivity index (χ1v) is 4.22. The van der Waals surface area contributed by atoms with Crippen molar-refractivity contribution in [2.45, 2.75) is 18.2 Å². The molecule has 0 heterocycles. The molecule has 1 N–H and O–H groups in total. The zero-order valence-corrected chi connectivity index (χ0v) is 7.82. The molecule has 0 bridgehead atoms. The first-order valence-electron chi connectivity index (χ1n) is 3.35. The number of carbonyl (C=O) groups excluding carboxylic acids is 1. The molecule has 0 aliphatic heterocycles. The zero-order chi connectivity index (χ0) is 8.69. The molecule has 0 saturated heterocycles. The van der Waals surface area contributed by atoms with Crippen LogP contribution in [0.2, 0.25) is 0 Å². The van der Waals surface area contributed by atoms with Crippen molar-refractivity contribution in [2.24, 2.45) is 0 Å². The molecule has 0 aliphatic carbocycles. The number of amides is 1. The van der Waals surface area contributed by atoms with Crippen molar-refractivity contribution in [1.82, 2.24) is 5.32 Å². The van der Waals surface area contributed by atoms with Gasteiger partial charge in [-0.15, -0.1) is 0 Å². The van der Waals surface area contributed by atoms with E-state index in [-0.39, 0.29) is 5.91 Å². The van der Waals surface area contributed by atoms with E-state index in [0.29, 0.717) is 6.54 Å². The Morgan fingerprint density at radius 1 is 1.64 bits per heavy atom. The monoisotopic (exact) mass is 195 g/mol. The van der Waals surface area contributed by atoms with Crippen LogP contribution in [0.1, 0.15) is 13.3 Å². The zero-order valence-electron chi connectivity index (χ0n) is 6.31. The van der Waals surface area contributed by atoms with Gasteiger partial charge >= 0.3 is 0 Å². The van der Waals surface area contributed by atoms with Crippen LogP contribution in [0, 0.1) is 0 Å². The highest BCUT2D eigenvalue weighted by Crippen LogP contribution is 1.99. The van der Waals surface area contributed by atoms with E-state index in [0.717, 1.165) is 6.42 Å². The summed E-state index contributed by atoms with van der Waals surface area (Å²) in [6, 6.07) is 0. The standard InChI is InChI=1S/C7H11Cl2NO/c1-2-3-4-5-10-7(11)6(8)9/h2-3,6H,4-5H2,1H3,(H,10,11). The Balaban J connectivity index is 3.32. The smallest absolute Gasteiger partial charge is 0.253 e. The van der Waals surface area contributed by atoms with Crippen molar-refractivity contribution in [3.8, 4) is 0 Å². The van der Waals surface area contributed by atoms with Crippen molar-refractivity contribution < 1.29 is 4.79 Å². The Morgan fingerprint density at radius 2 is 2.27 bits per heavy atom. The molecule has 4 heteroatoms. The molecule has 0 aromatic carbocycles. The van der Waals surface area contributed by atoms with Crippen molar-refractivity contribution in [2.75, 3.05) is 6.54 Å². The molecule has 0 unspecified atom stereocenters. The van der Waals surface area contributed by atoms with Crippen molar-refractivity contribution >= 4 is 29.1 Å². The van der Waals surface area contributed by atoms with Gasteiger partial charge in [-0.2, -0.15) is 0 Å². The third-order valence-electron chi connectivity index (χ3n) is 1.04. The van der Waals surface area contributed by atoms with Gasteiger partial charge in [0.2, 0.25) is 0 Å². The fourth-order valence-electron chi connectivity index (χ4n) is 0.523. The molecule has 0 rings (SSSR count). The fraction of sp³-hybridized carbons (Fsp3) is 0.571. The number of alkyl halides is 2. The molecule has 11 heavy (non-hydrogen) atoms. The first kappa shape index (κ1) is 10.8. The summed E-state index contributed by atoms with van der Waals surface area (Å²) >= 11 is 10.6. The van der Waals surface area contributed by atoms with E-state index < -0.39 is 4.84 Å². The minimum atomic E-state index is -0.958. The maximum absolute atomic E-state index is 10.7. The predicted molar refractivity (Wildman–Crippen MR) is 47.9 cm³/mol. The quantitative estimate of drug-likeness (QED) is 0.415. The Morgan fingerprint density at radius 3 is 2.73 bits per heavy atom. The maximum atomic E-state index is 10.7. The van der Waals surface area contributed by atoms with E-state index in [9.17, 15) is 4.79 Å². The van der Waals surface area contributed by atoms with Crippen LogP contribution in [-0.2, 0) is 4.79 Å². The van der Waals surface area contributed by atoms with E-state index in [2.05, 4.69) is 5.32 Å². The summed E-state index contributed by atoms with van der Waals surface area (Å²) in [6.07, 6.45) is 4.69. The summed E-state index contributed by atoms with van der Waals surface area (Å²) in [5.41, 5.74) is 0. The number of hydrogen-bond acceptors (Lipinski definition) is 1. The molecule has 64 valence electrons. The third-order valence-corrected chi connectivity index (χ3v) is 1.44. The summed E-state index contributed by atoms with van der Waals surface area (Å²) in [6.45, 7) is 2.51. The average molecular weight is 196 g/mol. The topological polar surface area (TPSA) is 29.1 Å². The van der Waals surface area contributed by atoms with Gasteiger partial charge in [0.15, 0.2) is 4.84 Å². The van der Waals surface area contributed by atoms with Crippen LogP contribution < -0.4 is 5.32 Å². The van der Waals surface area contributed by atoms with Gasteiger partial charge < -0.3 is 5.32 Å². The van der Waals surface area contributed by atoms with Crippen LogP contribution in [0.3, 0.4) is 0 Å². The molecule has 0 fully saturated rings. The highest BCUT2D eigenvalue weighted by atomic mass is 35.5. The van der Waals surface area contributed by atoms with Crippen molar-refractivity contribution in [1.29, 1.82) is 0 Å². The Hall–Kier alpha value is -0.210. The van der Waals surface area contributed by atoms with E-state index >= 15 is 0 Å². The third kappa shape index (κ3) is 6.20. The summed E-state index contributed by atoms with van der Waals surface area (Å²) in [5.74, 6) is -0.335. The summed E-state index contributed by atoms with van der Waals surface area (Å²) < 4.78 is 0. The summed E-state index contributed by atoms with van der Waals surface area (Å²) in [7, 11) is 0. The molecular weight excluding hydrogens is 185 g/mol. The lowest BCUT2D eigenvalue weighted by molar-refractivity contribution is -0.119. The van der Waals surface area contributed by atoms with Gasteiger partial charge in [-0.05, 0) is 13.3 Å². The SMILES string of the molecule is CC=CCCNC(=O)C(Cl)Cl. The second kappa shape index (κ2) is 6.50. The predicted octanol–water partition coefficient (Wildman–Crippen LogP) is 1.87. The lowest BCUT2D eigenvalue weighted by Crippen LogP contribution is -2.28. The van der Waals surface area contributed by atoms with Crippen molar-refractivity contribution in [3.05, 3.63) is 12.2 Å². The largest absolute Gasteiger partial charge is 0.353 e. The van der Waals surface area contributed by atoms with Gasteiger partial charge in [0.05, 0.1) is 0 Å². The van der Waals surface area contributed by atoms with Crippen LogP contribution in [0.15, 0.2) is 12.2 Å². The van der Waals surface area contributed by atoms with E-state index in [1.807, 2.05) is 19.1 Å². The maximum Gasteiger partial charge on any atom is 0.253 e.